The lowest BCUT2D eigenvalue weighted by Gasteiger charge is -2.04. The lowest BCUT2D eigenvalue weighted by Crippen LogP contribution is -1.90. The van der Waals surface area contributed by atoms with Gasteiger partial charge in [0, 0.05) is 0 Å². The molecular formula is C44H67O3P. The Balaban J connectivity index is 3.57. The summed E-state index contributed by atoms with van der Waals surface area (Å²) in [4.78, 5) is 0. The normalized spacial score (nSPS) is 13.7. The molecule has 0 saturated heterocycles. The van der Waals surface area contributed by atoms with E-state index in [1.807, 2.05) is 0 Å². The van der Waals surface area contributed by atoms with Crippen LogP contribution < -0.4 is 0 Å². The molecule has 0 aliphatic carbocycles. The fraction of sp³-hybridized carbons (Fsp3) is 0.455. The number of hydrogen-bond acceptors (Lipinski definition) is 3. The first-order chi connectivity index (χ1) is 23.8. The van der Waals surface area contributed by atoms with Crippen molar-refractivity contribution in [2.24, 2.45) is 0 Å². The molecule has 0 fully saturated rings. The van der Waals surface area contributed by atoms with Crippen molar-refractivity contribution in [3.8, 4) is 0 Å². The molecule has 0 heterocycles. The van der Waals surface area contributed by atoms with Crippen LogP contribution >= 0.6 is 8.25 Å². The van der Waals surface area contributed by atoms with Crippen molar-refractivity contribution in [1.29, 1.82) is 0 Å². The zero-order chi connectivity index (χ0) is 34.7. The molecule has 0 N–H and O–H groups in total. The first-order valence-electron chi connectivity index (χ1n) is 18.4. The highest BCUT2D eigenvalue weighted by Crippen LogP contribution is 2.24. The van der Waals surface area contributed by atoms with E-state index in [1.54, 1.807) is 0 Å². The smallest absolute Gasteiger partial charge is 0.311 e. The Morgan fingerprint density at radius 3 is 0.771 bits per heavy atom. The number of hydrogen-bond donors (Lipinski definition) is 0. The molecule has 266 valence electrons. The second kappa shape index (κ2) is 42.1. The van der Waals surface area contributed by atoms with Crippen molar-refractivity contribution in [2.45, 2.75) is 117 Å². The van der Waals surface area contributed by atoms with Gasteiger partial charge in [0.05, 0.1) is 13.2 Å². The van der Waals surface area contributed by atoms with Gasteiger partial charge in [-0.2, -0.15) is 0 Å². The van der Waals surface area contributed by atoms with Crippen molar-refractivity contribution in [3.05, 3.63) is 146 Å². The quantitative estimate of drug-likeness (QED) is 0.0405. The van der Waals surface area contributed by atoms with Gasteiger partial charge < -0.3 is 9.05 Å². The molecule has 0 aliphatic heterocycles. The van der Waals surface area contributed by atoms with Crippen LogP contribution in [0.3, 0.4) is 0 Å². The summed E-state index contributed by atoms with van der Waals surface area (Å²) in [6.45, 7) is 5.25. The van der Waals surface area contributed by atoms with Gasteiger partial charge >= 0.3 is 8.25 Å². The molecule has 0 amide bonds. The van der Waals surface area contributed by atoms with Gasteiger partial charge in [-0.05, 0) is 103 Å². The van der Waals surface area contributed by atoms with Crippen molar-refractivity contribution in [1.82, 2.24) is 0 Å². The monoisotopic (exact) mass is 674 g/mol. The molecule has 0 aromatic heterocycles. The summed E-state index contributed by atoms with van der Waals surface area (Å²) in [5, 5.41) is 0. The van der Waals surface area contributed by atoms with E-state index in [4.69, 9.17) is 9.05 Å². The highest BCUT2D eigenvalue weighted by Gasteiger charge is 1.98. The fourth-order valence-corrected chi connectivity index (χ4v) is 4.74. The highest BCUT2D eigenvalue weighted by molar-refractivity contribution is 7.33. The van der Waals surface area contributed by atoms with Crippen LogP contribution in [0, 0.1) is 0 Å². The molecule has 3 nitrogen and oxygen atoms in total. The Kier molecular flexibility index (Phi) is 39.5. The zero-order valence-corrected chi connectivity index (χ0v) is 31.3. The summed E-state index contributed by atoms with van der Waals surface area (Å²) in [6, 6.07) is 0. The minimum atomic E-state index is -2.39. The molecule has 48 heavy (non-hydrogen) atoms. The van der Waals surface area contributed by atoms with E-state index in [-0.39, 0.29) is 0 Å². The lowest BCUT2D eigenvalue weighted by atomic mass is 10.2. The van der Waals surface area contributed by atoms with Crippen molar-refractivity contribution < 1.29 is 13.6 Å². The Labute approximate surface area is 296 Å². The summed E-state index contributed by atoms with van der Waals surface area (Å²) in [7, 11) is -2.39. The van der Waals surface area contributed by atoms with Crippen molar-refractivity contribution in [3.63, 3.8) is 0 Å². The molecule has 0 atom stereocenters. The maximum absolute atomic E-state index is 11.9. The average Bonchev–Trinajstić information content (AvgIpc) is 3.09. The van der Waals surface area contributed by atoms with Crippen LogP contribution in [-0.4, -0.2) is 13.2 Å². The van der Waals surface area contributed by atoms with E-state index in [9.17, 15) is 4.57 Å². The first-order valence-corrected chi connectivity index (χ1v) is 19.6. The number of allylic oxidation sites excluding steroid dienone is 24. The van der Waals surface area contributed by atoms with Gasteiger partial charge in [0.15, 0.2) is 0 Å². The second-order valence-electron chi connectivity index (χ2n) is 11.1. The molecule has 0 aromatic rings. The second-order valence-corrected chi connectivity index (χ2v) is 12.1. The molecule has 0 rings (SSSR count). The Morgan fingerprint density at radius 1 is 0.333 bits per heavy atom. The van der Waals surface area contributed by atoms with Gasteiger partial charge in [-0.15, -0.1) is 0 Å². The zero-order valence-electron chi connectivity index (χ0n) is 30.3. The van der Waals surface area contributed by atoms with E-state index in [2.05, 4.69) is 160 Å². The maximum atomic E-state index is 11.9. The van der Waals surface area contributed by atoms with Crippen LogP contribution in [0.25, 0.3) is 0 Å². The van der Waals surface area contributed by atoms with Crippen LogP contribution in [-0.2, 0) is 13.6 Å². The van der Waals surface area contributed by atoms with Crippen molar-refractivity contribution in [2.75, 3.05) is 13.2 Å². The van der Waals surface area contributed by atoms with Gasteiger partial charge in [-0.25, -0.2) is 0 Å². The minimum absolute atomic E-state index is 0.469. The average molecular weight is 675 g/mol. The van der Waals surface area contributed by atoms with Gasteiger partial charge in [-0.1, -0.05) is 160 Å². The largest absolute Gasteiger partial charge is 0.319 e. The Hall–Kier alpha value is -2.97. The number of rotatable bonds is 32. The standard InChI is InChI=1S/C44H67O3P/c1-3-5-7-9-11-13-15-17-19-21-23-25-27-29-31-33-35-37-39-41-43-46-48(45)47-44-42-40-38-36-34-32-30-28-26-24-22-20-18-16-14-12-10-8-6-4-2/h5-8,11-14,17-20,23-26,29-32,35-38,48H,3-4,9-10,15-16,21-22,27-28,33-34,39-44H2,1-2H3/b7-5-,8-6-,13-11-,14-12-,19-17-,20-18-,25-23-,26-24-,31-29-,32-30-,37-35-,38-36-. The topological polar surface area (TPSA) is 35.5 Å². The predicted octanol–water partition coefficient (Wildman–Crippen LogP) is 14.4. The Bertz CT molecular complexity index is 992. The molecule has 0 saturated carbocycles. The van der Waals surface area contributed by atoms with Crippen LogP contribution in [0.5, 0.6) is 0 Å². The summed E-state index contributed by atoms with van der Waals surface area (Å²) in [5.74, 6) is 0. The van der Waals surface area contributed by atoms with Gasteiger partial charge in [-0.3, -0.25) is 4.57 Å². The summed E-state index contributed by atoms with van der Waals surface area (Å²) >= 11 is 0. The Morgan fingerprint density at radius 2 is 0.542 bits per heavy atom. The summed E-state index contributed by atoms with van der Waals surface area (Å²) in [6.07, 6.45) is 68.5. The molecule has 4 heteroatoms. The third-order valence-electron chi connectivity index (χ3n) is 6.66. The van der Waals surface area contributed by atoms with Gasteiger partial charge in [0.1, 0.15) is 0 Å². The molecule has 0 radical (unpaired) electrons. The van der Waals surface area contributed by atoms with E-state index in [1.165, 1.54) is 0 Å². The SMILES string of the molecule is CC/C=C\C/C=C\C/C=C\C/C=C\C/C=C\C/C=C\CCCO[PH](=O)OCCC/C=C\C/C=C\C/C=C\C/C=C\C/C=C\C/C=C\CC. The maximum Gasteiger partial charge on any atom is 0.319 e. The lowest BCUT2D eigenvalue weighted by molar-refractivity contribution is 0.222. The molecular weight excluding hydrogens is 607 g/mol. The van der Waals surface area contributed by atoms with E-state index in [0.29, 0.717) is 13.2 Å². The molecule has 0 aromatic carbocycles. The van der Waals surface area contributed by atoms with Gasteiger partial charge in [0.2, 0.25) is 0 Å². The van der Waals surface area contributed by atoms with Crippen molar-refractivity contribution >= 4 is 8.25 Å². The van der Waals surface area contributed by atoms with E-state index >= 15 is 0 Å². The first kappa shape index (κ1) is 45.0. The number of unbranched alkanes of at least 4 members (excludes halogenated alkanes) is 2. The van der Waals surface area contributed by atoms with Crippen LogP contribution in [0.4, 0.5) is 0 Å². The van der Waals surface area contributed by atoms with Crippen LogP contribution in [0.15, 0.2) is 146 Å². The third-order valence-corrected chi connectivity index (χ3v) is 7.54. The van der Waals surface area contributed by atoms with E-state index < -0.39 is 8.25 Å². The highest BCUT2D eigenvalue weighted by atomic mass is 31.1. The molecule has 0 spiro atoms. The van der Waals surface area contributed by atoms with Crippen LogP contribution in [0.2, 0.25) is 0 Å². The summed E-state index contributed by atoms with van der Waals surface area (Å²) in [5.41, 5.74) is 0. The third kappa shape index (κ3) is 41.1. The van der Waals surface area contributed by atoms with Gasteiger partial charge in [0.25, 0.3) is 0 Å². The van der Waals surface area contributed by atoms with Crippen LogP contribution in [0.1, 0.15) is 117 Å². The summed E-state index contributed by atoms with van der Waals surface area (Å²) < 4.78 is 22.6. The minimum Gasteiger partial charge on any atom is -0.311 e. The fourth-order valence-electron chi connectivity index (χ4n) is 4.03. The predicted molar refractivity (Wildman–Crippen MR) is 216 cm³/mol. The van der Waals surface area contributed by atoms with E-state index in [0.717, 1.165) is 103 Å². The molecule has 0 unspecified atom stereocenters. The molecule has 0 aliphatic rings. The molecule has 0 bridgehead atoms.